The van der Waals surface area contributed by atoms with Gasteiger partial charge in [-0.25, -0.2) is 4.98 Å². The minimum Gasteiger partial charge on any atom is -0.340 e. The summed E-state index contributed by atoms with van der Waals surface area (Å²) in [5.74, 6) is 0. The van der Waals surface area contributed by atoms with Crippen LogP contribution in [0.5, 0.6) is 0 Å². The molecule has 0 fully saturated rings. The summed E-state index contributed by atoms with van der Waals surface area (Å²) in [5, 5.41) is 2.09. The van der Waals surface area contributed by atoms with Crippen molar-refractivity contribution < 1.29 is 0 Å². The topological polar surface area (TPSA) is 43.8 Å². The van der Waals surface area contributed by atoms with Crippen LogP contribution in [0, 0.1) is 6.92 Å². The maximum absolute atomic E-state index is 6.07. The molecule has 2 aromatic heterocycles. The van der Waals surface area contributed by atoms with E-state index < -0.39 is 0 Å². The Labute approximate surface area is 87.2 Å². The minimum absolute atomic E-state index is 0.0962. The lowest BCUT2D eigenvalue weighted by molar-refractivity contribution is 0.838. The monoisotopic (exact) mass is 207 g/mol. The third-order valence-corrected chi connectivity index (χ3v) is 3.03. The highest BCUT2D eigenvalue weighted by atomic mass is 32.1. The molecule has 0 aliphatic carbocycles. The highest BCUT2D eigenvalue weighted by molar-refractivity contribution is 7.10. The van der Waals surface area contributed by atoms with Crippen molar-refractivity contribution in [2.24, 2.45) is 12.8 Å². The fourth-order valence-electron chi connectivity index (χ4n) is 1.39. The van der Waals surface area contributed by atoms with Gasteiger partial charge in [-0.05, 0) is 23.9 Å². The predicted octanol–water partition coefficient (Wildman–Crippen LogP) is 1.84. The van der Waals surface area contributed by atoms with E-state index in [0.29, 0.717) is 0 Å². The molecule has 0 radical (unpaired) electrons. The molecule has 0 aromatic carbocycles. The number of aromatic nitrogens is 2. The van der Waals surface area contributed by atoms with E-state index in [-0.39, 0.29) is 6.04 Å². The van der Waals surface area contributed by atoms with Gasteiger partial charge in [0.25, 0.3) is 0 Å². The van der Waals surface area contributed by atoms with Crippen molar-refractivity contribution in [2.75, 3.05) is 0 Å². The van der Waals surface area contributed by atoms with Crippen molar-refractivity contribution in [3.8, 4) is 0 Å². The molecule has 0 amide bonds. The fraction of sp³-hybridized carbons (Fsp3) is 0.300. The van der Waals surface area contributed by atoms with Gasteiger partial charge in [0.05, 0.1) is 18.1 Å². The van der Waals surface area contributed by atoms with Crippen LogP contribution in [0.4, 0.5) is 0 Å². The van der Waals surface area contributed by atoms with E-state index in [2.05, 4.69) is 23.4 Å². The Kier molecular flexibility index (Phi) is 2.39. The summed E-state index contributed by atoms with van der Waals surface area (Å²) in [4.78, 5) is 5.53. The number of aryl methyl sites for hydroxylation is 2. The maximum Gasteiger partial charge on any atom is 0.0947 e. The molecule has 0 saturated heterocycles. The lowest BCUT2D eigenvalue weighted by Gasteiger charge is -2.05. The van der Waals surface area contributed by atoms with Crippen LogP contribution in [0.1, 0.15) is 22.2 Å². The third-order valence-electron chi connectivity index (χ3n) is 2.15. The van der Waals surface area contributed by atoms with Crippen molar-refractivity contribution in [3.05, 3.63) is 40.1 Å². The quantitative estimate of drug-likeness (QED) is 0.816. The zero-order chi connectivity index (χ0) is 10.1. The van der Waals surface area contributed by atoms with Crippen molar-refractivity contribution >= 4 is 11.3 Å². The van der Waals surface area contributed by atoms with Crippen LogP contribution < -0.4 is 5.73 Å². The summed E-state index contributed by atoms with van der Waals surface area (Å²) in [6.45, 7) is 2.08. The number of rotatable bonds is 2. The first-order valence-corrected chi connectivity index (χ1v) is 5.33. The zero-order valence-electron chi connectivity index (χ0n) is 8.27. The Bertz CT molecular complexity index is 390. The molecule has 2 rings (SSSR count). The summed E-state index contributed by atoms with van der Waals surface area (Å²) in [5.41, 5.74) is 8.14. The molecule has 2 aromatic rings. The van der Waals surface area contributed by atoms with E-state index in [4.69, 9.17) is 5.73 Å². The Hall–Kier alpha value is -1.13. The lowest BCUT2D eigenvalue weighted by atomic mass is 10.1. The Morgan fingerprint density at radius 2 is 2.36 bits per heavy atom. The number of hydrogen-bond donors (Lipinski definition) is 1. The molecular weight excluding hydrogens is 194 g/mol. The number of thiophene rings is 1. The van der Waals surface area contributed by atoms with Gasteiger partial charge >= 0.3 is 0 Å². The Morgan fingerprint density at radius 3 is 2.86 bits per heavy atom. The molecule has 14 heavy (non-hydrogen) atoms. The van der Waals surface area contributed by atoms with Gasteiger partial charge in [-0.1, -0.05) is 0 Å². The van der Waals surface area contributed by atoms with Gasteiger partial charge in [0.2, 0.25) is 0 Å². The fourth-order valence-corrected chi connectivity index (χ4v) is 2.13. The SMILES string of the molecule is Cc1cc(C(N)c2cn(C)cn2)cs1. The highest BCUT2D eigenvalue weighted by Crippen LogP contribution is 2.22. The number of imidazole rings is 1. The van der Waals surface area contributed by atoms with Gasteiger partial charge in [0.15, 0.2) is 0 Å². The average molecular weight is 207 g/mol. The molecule has 0 aliphatic rings. The van der Waals surface area contributed by atoms with Crippen LogP contribution in [0.25, 0.3) is 0 Å². The second-order valence-electron chi connectivity index (χ2n) is 3.43. The van der Waals surface area contributed by atoms with Gasteiger partial charge in [0, 0.05) is 18.1 Å². The van der Waals surface area contributed by atoms with E-state index in [9.17, 15) is 0 Å². The van der Waals surface area contributed by atoms with Gasteiger partial charge in [-0.2, -0.15) is 0 Å². The van der Waals surface area contributed by atoms with Crippen LogP contribution in [-0.4, -0.2) is 9.55 Å². The molecule has 0 bridgehead atoms. The normalized spacial score (nSPS) is 13.1. The van der Waals surface area contributed by atoms with Gasteiger partial charge in [-0.15, -0.1) is 11.3 Å². The van der Waals surface area contributed by atoms with Crippen molar-refractivity contribution in [1.29, 1.82) is 0 Å². The van der Waals surface area contributed by atoms with E-state index in [1.165, 1.54) is 4.88 Å². The Morgan fingerprint density at radius 1 is 1.57 bits per heavy atom. The molecule has 1 unspecified atom stereocenters. The van der Waals surface area contributed by atoms with Crippen molar-refractivity contribution in [2.45, 2.75) is 13.0 Å². The number of nitrogens with two attached hydrogens (primary N) is 1. The second-order valence-corrected chi connectivity index (χ2v) is 4.55. The van der Waals surface area contributed by atoms with E-state index in [1.54, 1.807) is 17.7 Å². The molecule has 2 N–H and O–H groups in total. The second kappa shape index (κ2) is 3.55. The van der Waals surface area contributed by atoms with Crippen molar-refractivity contribution in [3.63, 3.8) is 0 Å². The van der Waals surface area contributed by atoms with E-state index in [1.807, 2.05) is 17.8 Å². The summed E-state index contributed by atoms with van der Waals surface area (Å²) in [6.07, 6.45) is 3.73. The molecule has 0 saturated carbocycles. The minimum atomic E-state index is -0.0962. The Balaban J connectivity index is 2.28. The standard InChI is InChI=1S/C10H13N3S/c1-7-3-8(5-14-7)10(11)9-4-13(2)6-12-9/h3-6,10H,11H2,1-2H3. The molecule has 0 aliphatic heterocycles. The first-order chi connectivity index (χ1) is 6.66. The molecule has 4 heteroatoms. The van der Waals surface area contributed by atoms with Crippen LogP contribution in [-0.2, 0) is 7.05 Å². The third kappa shape index (κ3) is 1.71. The largest absolute Gasteiger partial charge is 0.340 e. The summed E-state index contributed by atoms with van der Waals surface area (Å²) in [6, 6.07) is 2.02. The molecule has 2 heterocycles. The summed E-state index contributed by atoms with van der Waals surface area (Å²) < 4.78 is 1.91. The maximum atomic E-state index is 6.07. The average Bonchev–Trinajstić information content (AvgIpc) is 2.73. The molecule has 1 atom stereocenters. The van der Waals surface area contributed by atoms with Crippen LogP contribution in [0.15, 0.2) is 24.0 Å². The molecular formula is C10H13N3S. The van der Waals surface area contributed by atoms with Gasteiger partial charge in [-0.3, -0.25) is 0 Å². The first kappa shape index (κ1) is 9.43. The summed E-state index contributed by atoms with van der Waals surface area (Å²) in [7, 11) is 1.95. The molecule has 3 nitrogen and oxygen atoms in total. The molecule has 74 valence electrons. The highest BCUT2D eigenvalue weighted by Gasteiger charge is 2.12. The summed E-state index contributed by atoms with van der Waals surface area (Å²) >= 11 is 1.72. The van der Waals surface area contributed by atoms with E-state index >= 15 is 0 Å². The zero-order valence-corrected chi connectivity index (χ0v) is 9.08. The van der Waals surface area contributed by atoms with Gasteiger partial charge in [0.1, 0.15) is 0 Å². The number of hydrogen-bond acceptors (Lipinski definition) is 3. The lowest BCUT2D eigenvalue weighted by Crippen LogP contribution is -2.11. The first-order valence-electron chi connectivity index (χ1n) is 4.45. The smallest absolute Gasteiger partial charge is 0.0947 e. The van der Waals surface area contributed by atoms with Crippen molar-refractivity contribution in [1.82, 2.24) is 9.55 Å². The van der Waals surface area contributed by atoms with Crippen LogP contribution in [0.3, 0.4) is 0 Å². The van der Waals surface area contributed by atoms with Crippen LogP contribution in [0.2, 0.25) is 0 Å². The molecule has 0 spiro atoms. The van der Waals surface area contributed by atoms with E-state index in [0.717, 1.165) is 11.3 Å². The van der Waals surface area contributed by atoms with Crippen LogP contribution >= 0.6 is 11.3 Å². The van der Waals surface area contributed by atoms with Gasteiger partial charge < -0.3 is 10.3 Å². The number of nitrogens with zero attached hydrogens (tertiary/aromatic N) is 2. The predicted molar refractivity (Wildman–Crippen MR) is 58.3 cm³/mol.